The number of hydrogen-bond acceptors (Lipinski definition) is 12. The Morgan fingerprint density at radius 2 is 1.94 bits per heavy atom. The van der Waals surface area contributed by atoms with E-state index in [1.165, 1.54) is 29.0 Å². The molecule has 0 bridgehead atoms. The molecular formula is C35H30N8O4S2. The zero-order valence-electron chi connectivity index (χ0n) is 26.1. The highest BCUT2D eigenvalue weighted by Crippen LogP contribution is 2.35. The van der Waals surface area contributed by atoms with Crippen LogP contribution in [0, 0.1) is 0 Å². The number of nitrogens with one attached hydrogen (secondary N) is 1. The molecular weight excluding hydrogens is 661 g/mol. The highest BCUT2D eigenvalue weighted by molar-refractivity contribution is 7.22. The standard InChI is InChI=1S/C35H30N8O4S2/c44-32(41-34-39-27-10-1-2-11-28(27)48-34)25-9-3-6-21-13-14-42(19-26(21)25)35-40-30(33(45)46)29(49-35)12-5-15-47-24-8-4-7-23(16-24)43-31-22(18-38-43)17-36-20-37-31/h1-4,6-11,16-18,20,32,44H,5,12-15,19H2,(H,39,41)(H,45,46). The number of para-hydroxylation sites is 1. The van der Waals surface area contributed by atoms with E-state index in [9.17, 15) is 15.0 Å². The summed E-state index contributed by atoms with van der Waals surface area (Å²) in [4.78, 5) is 32.6. The van der Waals surface area contributed by atoms with Gasteiger partial charge in [0.2, 0.25) is 0 Å². The summed E-state index contributed by atoms with van der Waals surface area (Å²) in [5, 5.41) is 31.0. The number of thiazole rings is 2. The number of hydrogen-bond donors (Lipinski definition) is 3. The van der Waals surface area contributed by atoms with Gasteiger partial charge in [0.1, 0.15) is 12.1 Å². The number of carbonyl (C=O) groups is 1. The molecule has 1 unspecified atom stereocenters. The van der Waals surface area contributed by atoms with Crippen LogP contribution in [0.25, 0.3) is 26.9 Å². The third kappa shape index (κ3) is 6.28. The molecule has 0 radical (unpaired) electrons. The largest absolute Gasteiger partial charge is 0.494 e. The second kappa shape index (κ2) is 13.2. The molecule has 0 saturated carbocycles. The van der Waals surface area contributed by atoms with Crippen molar-refractivity contribution in [2.45, 2.75) is 32.0 Å². The van der Waals surface area contributed by atoms with Crippen LogP contribution in [0.15, 0.2) is 85.5 Å². The summed E-state index contributed by atoms with van der Waals surface area (Å²) >= 11 is 2.90. The van der Waals surface area contributed by atoms with Crippen molar-refractivity contribution in [3.8, 4) is 11.4 Å². The summed E-state index contributed by atoms with van der Waals surface area (Å²) in [7, 11) is 0. The number of aromatic carboxylic acids is 1. The number of rotatable bonds is 11. The quantitative estimate of drug-likeness (QED) is 0.104. The van der Waals surface area contributed by atoms with Crippen molar-refractivity contribution >= 4 is 60.2 Å². The molecule has 246 valence electrons. The molecule has 0 spiro atoms. The van der Waals surface area contributed by atoms with Crippen LogP contribution in [0.1, 0.15) is 44.7 Å². The van der Waals surface area contributed by atoms with Gasteiger partial charge in [-0.3, -0.25) is 0 Å². The number of aliphatic hydroxyl groups is 1. The molecule has 1 aliphatic rings. The van der Waals surface area contributed by atoms with Crippen LogP contribution in [-0.2, 0) is 19.4 Å². The Kier molecular flexibility index (Phi) is 8.33. The van der Waals surface area contributed by atoms with E-state index in [4.69, 9.17) is 4.74 Å². The summed E-state index contributed by atoms with van der Waals surface area (Å²) in [6.45, 7) is 1.60. The van der Waals surface area contributed by atoms with Crippen LogP contribution in [0.5, 0.6) is 5.75 Å². The smallest absolute Gasteiger partial charge is 0.355 e. The zero-order chi connectivity index (χ0) is 33.3. The Labute approximate surface area is 288 Å². The monoisotopic (exact) mass is 690 g/mol. The minimum atomic E-state index is -1.05. The van der Waals surface area contributed by atoms with Crippen LogP contribution in [0.4, 0.5) is 10.3 Å². The number of fused-ring (bicyclic) bond motifs is 3. The van der Waals surface area contributed by atoms with Crippen molar-refractivity contribution in [3.05, 3.63) is 113 Å². The molecule has 0 saturated heterocycles. The molecule has 8 rings (SSSR count). The van der Waals surface area contributed by atoms with Gasteiger partial charge in [0, 0.05) is 35.8 Å². The van der Waals surface area contributed by atoms with E-state index in [2.05, 4.69) is 41.3 Å². The van der Waals surface area contributed by atoms with E-state index < -0.39 is 12.2 Å². The van der Waals surface area contributed by atoms with E-state index >= 15 is 0 Å². The van der Waals surface area contributed by atoms with Crippen molar-refractivity contribution in [3.63, 3.8) is 0 Å². The number of carboxylic acids is 1. The van der Waals surface area contributed by atoms with E-state index in [1.54, 1.807) is 17.1 Å². The lowest BCUT2D eigenvalue weighted by atomic mass is 9.94. The topological polar surface area (TPSA) is 151 Å². The lowest BCUT2D eigenvalue weighted by Gasteiger charge is -2.31. The van der Waals surface area contributed by atoms with Gasteiger partial charge < -0.3 is 25.2 Å². The first kappa shape index (κ1) is 30.9. The Morgan fingerprint density at radius 1 is 1.04 bits per heavy atom. The van der Waals surface area contributed by atoms with Crippen LogP contribution < -0.4 is 15.0 Å². The number of aryl methyl sites for hydroxylation is 1. The summed E-state index contributed by atoms with van der Waals surface area (Å²) in [6.07, 6.45) is 5.86. The van der Waals surface area contributed by atoms with Gasteiger partial charge in [-0.15, -0.1) is 11.3 Å². The van der Waals surface area contributed by atoms with E-state index in [1.807, 2.05) is 60.7 Å². The highest BCUT2D eigenvalue weighted by atomic mass is 32.1. The molecule has 3 N–H and O–H groups in total. The van der Waals surface area contributed by atoms with Gasteiger partial charge in [0.05, 0.1) is 34.1 Å². The highest BCUT2D eigenvalue weighted by Gasteiger charge is 2.27. The fourth-order valence-corrected chi connectivity index (χ4v) is 8.07. The normalized spacial score (nSPS) is 13.4. The number of benzene rings is 3. The predicted octanol–water partition coefficient (Wildman–Crippen LogP) is 6.26. The van der Waals surface area contributed by atoms with Gasteiger partial charge in [-0.05, 0) is 54.7 Å². The average molecular weight is 691 g/mol. The maximum atomic E-state index is 12.2. The number of anilines is 2. The molecule has 0 aliphatic carbocycles. The SMILES string of the molecule is O=C(O)c1nc(N2CCc3cccc(C(O)Nc4nc5ccccc5s4)c3C2)sc1CCCOc1cccc(-n2ncc3cncnc32)c1. The first-order valence-corrected chi connectivity index (χ1v) is 17.4. The first-order chi connectivity index (χ1) is 24.0. The van der Waals surface area contributed by atoms with Gasteiger partial charge in [0.25, 0.3) is 0 Å². The van der Waals surface area contributed by atoms with Crippen molar-refractivity contribution < 1.29 is 19.7 Å². The molecule has 14 heteroatoms. The molecule has 0 amide bonds. The fraction of sp³-hybridized carbons (Fsp3) is 0.200. The molecule has 1 atom stereocenters. The van der Waals surface area contributed by atoms with Crippen molar-refractivity contribution in [1.29, 1.82) is 0 Å². The van der Waals surface area contributed by atoms with Gasteiger partial charge >= 0.3 is 5.97 Å². The minimum absolute atomic E-state index is 0.0752. The van der Waals surface area contributed by atoms with E-state index in [0.29, 0.717) is 59.1 Å². The Hall–Kier alpha value is -5.44. The average Bonchev–Trinajstić information content (AvgIpc) is 3.86. The van der Waals surface area contributed by atoms with Gasteiger partial charge in [-0.25, -0.2) is 29.4 Å². The van der Waals surface area contributed by atoms with Crippen molar-refractivity contribution in [1.82, 2.24) is 29.7 Å². The lowest BCUT2D eigenvalue weighted by molar-refractivity contribution is 0.0690. The number of aromatic nitrogens is 6. The van der Waals surface area contributed by atoms with E-state index in [-0.39, 0.29) is 5.69 Å². The van der Waals surface area contributed by atoms with Crippen LogP contribution >= 0.6 is 22.7 Å². The maximum Gasteiger partial charge on any atom is 0.355 e. The summed E-state index contributed by atoms with van der Waals surface area (Å²) < 4.78 is 8.84. The lowest BCUT2D eigenvalue weighted by Crippen LogP contribution is -2.32. The number of nitrogens with zero attached hydrogens (tertiary/aromatic N) is 7. The predicted molar refractivity (Wildman–Crippen MR) is 189 cm³/mol. The van der Waals surface area contributed by atoms with Gasteiger partial charge in [-0.1, -0.05) is 47.7 Å². The fourth-order valence-electron chi connectivity index (χ4n) is 6.06. The van der Waals surface area contributed by atoms with Crippen LogP contribution in [0.3, 0.4) is 0 Å². The zero-order valence-corrected chi connectivity index (χ0v) is 27.7. The van der Waals surface area contributed by atoms with Crippen molar-refractivity contribution in [2.75, 3.05) is 23.4 Å². The first-order valence-electron chi connectivity index (χ1n) is 15.8. The molecule has 7 aromatic rings. The second-order valence-electron chi connectivity index (χ2n) is 11.6. The molecule has 12 nitrogen and oxygen atoms in total. The van der Waals surface area contributed by atoms with E-state index in [0.717, 1.165) is 44.4 Å². The molecule has 3 aromatic carbocycles. The minimum Gasteiger partial charge on any atom is -0.494 e. The number of aliphatic hydroxyl groups excluding tert-OH is 1. The van der Waals surface area contributed by atoms with Crippen LogP contribution in [-0.4, -0.2) is 59.1 Å². The number of carboxylic acid groups (broad SMARTS) is 1. The molecule has 4 aromatic heterocycles. The summed E-state index contributed by atoms with van der Waals surface area (Å²) in [6, 6.07) is 21.4. The third-order valence-corrected chi connectivity index (χ3v) is 10.6. The van der Waals surface area contributed by atoms with Gasteiger partial charge in [-0.2, -0.15) is 5.10 Å². The van der Waals surface area contributed by atoms with Crippen molar-refractivity contribution in [2.24, 2.45) is 0 Å². The van der Waals surface area contributed by atoms with Gasteiger partial charge in [0.15, 0.2) is 27.8 Å². The molecule has 1 aliphatic heterocycles. The molecule has 0 fully saturated rings. The van der Waals surface area contributed by atoms with Crippen LogP contribution in [0.2, 0.25) is 0 Å². The summed E-state index contributed by atoms with van der Waals surface area (Å²) in [5.74, 6) is -0.365. The molecule has 49 heavy (non-hydrogen) atoms. The maximum absolute atomic E-state index is 12.2. The Balaban J connectivity index is 0.936. The Bertz CT molecular complexity index is 2270. The third-order valence-electron chi connectivity index (χ3n) is 8.43. The summed E-state index contributed by atoms with van der Waals surface area (Å²) in [5.41, 5.74) is 5.42. The number of ether oxygens (including phenoxy) is 1. The second-order valence-corrected chi connectivity index (χ2v) is 13.7. The molecule has 5 heterocycles. The Morgan fingerprint density at radius 3 is 2.84 bits per heavy atom.